The summed E-state index contributed by atoms with van der Waals surface area (Å²) < 4.78 is 0. The second-order valence-electron chi connectivity index (χ2n) is 9.62. The van der Waals surface area contributed by atoms with Gasteiger partial charge in [0.1, 0.15) is 0 Å². The molecule has 188 valence electrons. The van der Waals surface area contributed by atoms with Gasteiger partial charge in [-0.2, -0.15) is 0 Å². The molecule has 3 N–H and O–H groups in total. The van der Waals surface area contributed by atoms with Gasteiger partial charge in [0.2, 0.25) is 0 Å². The molecule has 0 saturated carbocycles. The minimum absolute atomic E-state index is 0. The van der Waals surface area contributed by atoms with Crippen LogP contribution in [0.4, 0.5) is 21.9 Å². The number of benzene rings is 2. The van der Waals surface area contributed by atoms with Gasteiger partial charge in [-0.05, 0) is 60.9 Å². The minimum Gasteiger partial charge on any atom is -0.481 e. The molecule has 0 spiro atoms. The number of carboxylic acid groups (broad SMARTS) is 1. The van der Waals surface area contributed by atoms with Gasteiger partial charge < -0.3 is 20.6 Å². The zero-order valence-electron chi connectivity index (χ0n) is 21.2. The molecule has 0 aliphatic rings. The number of amides is 2. The molecule has 2 aromatic carbocycles. The van der Waals surface area contributed by atoms with E-state index in [1.54, 1.807) is 0 Å². The Morgan fingerprint density at radius 3 is 2.03 bits per heavy atom. The van der Waals surface area contributed by atoms with E-state index in [0.29, 0.717) is 29.6 Å². The van der Waals surface area contributed by atoms with Crippen LogP contribution in [-0.2, 0) is 4.79 Å². The Bertz CT molecular complexity index is 919. The Morgan fingerprint density at radius 2 is 1.53 bits per heavy atom. The number of halogens is 1. The second kappa shape index (κ2) is 13.9. The third kappa shape index (κ3) is 9.26. The summed E-state index contributed by atoms with van der Waals surface area (Å²) in [4.78, 5) is 26.5. The molecule has 2 aromatic rings. The first-order valence-electron chi connectivity index (χ1n) is 11.8. The Labute approximate surface area is 210 Å². The van der Waals surface area contributed by atoms with Gasteiger partial charge in [-0.15, -0.1) is 12.4 Å². The molecule has 0 bridgehead atoms. The Balaban J connectivity index is 0.00000578. The quantitative estimate of drug-likeness (QED) is 0.313. The first-order valence-corrected chi connectivity index (χ1v) is 11.8. The lowest BCUT2D eigenvalue weighted by Crippen LogP contribution is -2.32. The van der Waals surface area contributed by atoms with Crippen LogP contribution in [0.5, 0.6) is 0 Å². The minimum atomic E-state index is -0.821. The lowest BCUT2D eigenvalue weighted by molar-refractivity contribution is -0.137. The highest BCUT2D eigenvalue weighted by Crippen LogP contribution is 2.33. The third-order valence-electron chi connectivity index (χ3n) is 5.48. The predicted octanol–water partition coefficient (Wildman–Crippen LogP) is 7.15. The molecule has 1 unspecified atom stereocenters. The molecular weight excluding hydrogens is 450 g/mol. The van der Waals surface area contributed by atoms with Gasteiger partial charge in [-0.25, -0.2) is 4.79 Å². The van der Waals surface area contributed by atoms with Crippen LogP contribution in [0.1, 0.15) is 64.5 Å². The zero-order chi connectivity index (χ0) is 24.5. The maximum Gasteiger partial charge on any atom is 0.323 e. The lowest BCUT2D eigenvalue weighted by atomic mass is 9.92. The Hall–Kier alpha value is -2.73. The molecule has 6 nitrogen and oxygen atoms in total. The number of aliphatic carboxylic acids is 1. The van der Waals surface area contributed by atoms with Crippen LogP contribution in [0.15, 0.2) is 42.5 Å². The van der Waals surface area contributed by atoms with E-state index in [1.165, 1.54) is 0 Å². The fourth-order valence-corrected chi connectivity index (χ4v) is 3.97. The summed E-state index contributed by atoms with van der Waals surface area (Å²) in [6, 6.07) is 13.3. The van der Waals surface area contributed by atoms with Gasteiger partial charge in [0.25, 0.3) is 0 Å². The summed E-state index contributed by atoms with van der Waals surface area (Å²) >= 11 is 0. The SMILES string of the molecule is CCC(CC(=O)O)c1ccc(N(CC(C)C)CC(C)C)c(NC(=O)Nc2ccc(C)cc2)c1.Cl. The Kier molecular flexibility index (Phi) is 11.9. The predicted molar refractivity (Wildman–Crippen MR) is 145 cm³/mol. The van der Waals surface area contributed by atoms with Crippen LogP contribution in [0.25, 0.3) is 0 Å². The van der Waals surface area contributed by atoms with Gasteiger partial charge in [0.05, 0.1) is 17.8 Å². The van der Waals surface area contributed by atoms with E-state index in [1.807, 2.05) is 56.3 Å². The van der Waals surface area contributed by atoms with Gasteiger partial charge in [-0.3, -0.25) is 4.79 Å². The van der Waals surface area contributed by atoms with Gasteiger partial charge >= 0.3 is 12.0 Å². The van der Waals surface area contributed by atoms with E-state index in [2.05, 4.69) is 43.2 Å². The van der Waals surface area contributed by atoms with Gasteiger partial charge in [-0.1, -0.05) is 58.4 Å². The number of urea groups is 1. The molecule has 1 atom stereocenters. The van der Waals surface area contributed by atoms with Crippen LogP contribution in [0.3, 0.4) is 0 Å². The Morgan fingerprint density at radius 1 is 0.941 bits per heavy atom. The van der Waals surface area contributed by atoms with E-state index < -0.39 is 5.97 Å². The van der Waals surface area contributed by atoms with Crippen molar-refractivity contribution in [1.29, 1.82) is 0 Å². The van der Waals surface area contributed by atoms with Crippen molar-refractivity contribution in [2.24, 2.45) is 11.8 Å². The van der Waals surface area contributed by atoms with Crippen LogP contribution in [-0.4, -0.2) is 30.2 Å². The molecule has 34 heavy (non-hydrogen) atoms. The number of anilines is 3. The largest absolute Gasteiger partial charge is 0.481 e. The monoisotopic (exact) mass is 489 g/mol. The van der Waals surface area contributed by atoms with E-state index >= 15 is 0 Å². The number of carboxylic acids is 1. The highest BCUT2D eigenvalue weighted by atomic mass is 35.5. The number of hydrogen-bond acceptors (Lipinski definition) is 3. The van der Waals surface area contributed by atoms with Gasteiger partial charge in [0, 0.05) is 18.8 Å². The molecule has 0 aliphatic heterocycles. The molecule has 2 rings (SSSR count). The molecule has 2 amide bonds. The number of carbonyl (C=O) groups is 2. The summed E-state index contributed by atoms with van der Waals surface area (Å²) in [7, 11) is 0. The van der Waals surface area contributed by atoms with Crippen molar-refractivity contribution >= 4 is 41.5 Å². The summed E-state index contributed by atoms with van der Waals surface area (Å²) in [6.45, 7) is 14.4. The molecule has 0 heterocycles. The third-order valence-corrected chi connectivity index (χ3v) is 5.48. The van der Waals surface area contributed by atoms with Crippen molar-refractivity contribution in [2.75, 3.05) is 28.6 Å². The van der Waals surface area contributed by atoms with Crippen LogP contribution >= 0.6 is 12.4 Å². The van der Waals surface area contributed by atoms with Crippen molar-refractivity contribution in [1.82, 2.24) is 0 Å². The maximum atomic E-state index is 12.9. The topological polar surface area (TPSA) is 81.7 Å². The summed E-state index contributed by atoms with van der Waals surface area (Å²) in [5.74, 6) is -0.0270. The average molecular weight is 490 g/mol. The smallest absolute Gasteiger partial charge is 0.323 e. The number of nitrogens with zero attached hydrogens (tertiary/aromatic N) is 1. The highest BCUT2D eigenvalue weighted by molar-refractivity contribution is 6.02. The fourth-order valence-electron chi connectivity index (χ4n) is 3.97. The van der Waals surface area contributed by atoms with Crippen LogP contribution in [0.2, 0.25) is 0 Å². The molecule has 0 fully saturated rings. The van der Waals surface area contributed by atoms with E-state index in [-0.39, 0.29) is 30.8 Å². The molecule has 0 saturated heterocycles. The van der Waals surface area contributed by atoms with Gasteiger partial charge in [0.15, 0.2) is 0 Å². The second-order valence-corrected chi connectivity index (χ2v) is 9.62. The van der Waals surface area contributed by atoms with Crippen LogP contribution in [0, 0.1) is 18.8 Å². The van der Waals surface area contributed by atoms with Crippen molar-refractivity contribution in [3.05, 3.63) is 53.6 Å². The summed E-state index contributed by atoms with van der Waals surface area (Å²) in [5.41, 5.74) is 4.41. The number of aryl methyl sites for hydroxylation is 1. The molecule has 0 radical (unpaired) electrons. The number of nitrogens with one attached hydrogen (secondary N) is 2. The molecule has 7 heteroatoms. The highest BCUT2D eigenvalue weighted by Gasteiger charge is 2.20. The first kappa shape index (κ1) is 29.3. The standard InChI is InChI=1S/C27H39N3O3.ClH/c1-7-21(15-26(31)32)22-10-13-25(30(16-18(2)3)17-19(4)5)24(14-22)29-27(33)28-23-11-8-20(6)9-12-23;/h8-14,18-19,21H,7,15-17H2,1-6H3,(H,31,32)(H2,28,29,33);1H. The van der Waals surface area contributed by atoms with Crippen molar-refractivity contribution in [2.45, 2.75) is 60.3 Å². The summed E-state index contributed by atoms with van der Waals surface area (Å²) in [6.07, 6.45) is 0.773. The van der Waals surface area contributed by atoms with E-state index in [9.17, 15) is 14.7 Å². The van der Waals surface area contributed by atoms with Crippen molar-refractivity contribution in [3.8, 4) is 0 Å². The molecule has 0 aromatic heterocycles. The zero-order valence-corrected chi connectivity index (χ0v) is 22.0. The number of rotatable bonds is 11. The lowest BCUT2D eigenvalue weighted by Gasteiger charge is -2.31. The molecule has 0 aliphatic carbocycles. The average Bonchev–Trinajstić information content (AvgIpc) is 2.72. The first-order chi connectivity index (χ1) is 15.6. The fraction of sp³-hybridized carbons (Fsp3) is 0.481. The van der Waals surface area contributed by atoms with E-state index in [4.69, 9.17) is 0 Å². The molecular formula is C27H40ClN3O3. The van der Waals surface area contributed by atoms with Crippen molar-refractivity contribution in [3.63, 3.8) is 0 Å². The van der Waals surface area contributed by atoms with E-state index in [0.717, 1.165) is 29.9 Å². The van der Waals surface area contributed by atoms with Crippen LogP contribution < -0.4 is 15.5 Å². The number of carbonyl (C=O) groups excluding carboxylic acids is 1. The normalized spacial score (nSPS) is 11.6. The number of hydrogen-bond donors (Lipinski definition) is 3. The maximum absolute atomic E-state index is 12.9. The summed E-state index contributed by atoms with van der Waals surface area (Å²) in [5, 5.41) is 15.3. The van der Waals surface area contributed by atoms with Crippen molar-refractivity contribution < 1.29 is 14.7 Å².